The number of fused-ring (bicyclic) bond motifs is 3. The quantitative estimate of drug-likeness (QED) is 0.474. The average Bonchev–Trinajstić information content (AvgIpc) is 3.17. The third kappa shape index (κ3) is 5.09. The van der Waals surface area contributed by atoms with Gasteiger partial charge in [-0.3, -0.25) is 9.59 Å². The summed E-state index contributed by atoms with van der Waals surface area (Å²) >= 11 is 0. The fourth-order valence-corrected chi connectivity index (χ4v) is 4.12. The number of amides is 2. The van der Waals surface area contributed by atoms with E-state index in [4.69, 9.17) is 9.84 Å². The Labute approximate surface area is 197 Å². The van der Waals surface area contributed by atoms with Crippen molar-refractivity contribution in [3.05, 3.63) is 95.1 Å². The molecule has 3 aromatic rings. The van der Waals surface area contributed by atoms with Gasteiger partial charge in [0.05, 0.1) is 0 Å². The highest BCUT2D eigenvalue weighted by Gasteiger charge is 2.28. The first-order valence-electron chi connectivity index (χ1n) is 11.2. The fourth-order valence-electron chi connectivity index (χ4n) is 4.12. The van der Waals surface area contributed by atoms with Gasteiger partial charge in [-0.2, -0.15) is 0 Å². The third-order valence-corrected chi connectivity index (χ3v) is 5.96. The van der Waals surface area contributed by atoms with Crippen LogP contribution in [-0.4, -0.2) is 42.3 Å². The minimum Gasteiger partial charge on any atom is -0.480 e. The maximum absolute atomic E-state index is 12.3. The van der Waals surface area contributed by atoms with Gasteiger partial charge in [-0.15, -0.1) is 0 Å². The van der Waals surface area contributed by atoms with Crippen LogP contribution in [0.2, 0.25) is 0 Å². The topological polar surface area (TPSA) is 105 Å². The van der Waals surface area contributed by atoms with Crippen molar-refractivity contribution in [2.45, 2.75) is 25.3 Å². The van der Waals surface area contributed by atoms with E-state index < -0.39 is 24.0 Å². The zero-order valence-electron chi connectivity index (χ0n) is 18.8. The molecule has 1 atom stereocenters. The third-order valence-electron chi connectivity index (χ3n) is 5.96. The number of aliphatic carboxylic acids is 1. The molecule has 3 N–H and O–H groups in total. The Morgan fingerprint density at radius 3 is 2.09 bits per heavy atom. The van der Waals surface area contributed by atoms with Gasteiger partial charge in [0.25, 0.3) is 5.91 Å². The zero-order valence-corrected chi connectivity index (χ0v) is 18.8. The number of rotatable bonds is 8. The molecule has 1 unspecified atom stereocenters. The van der Waals surface area contributed by atoms with E-state index in [1.807, 2.05) is 24.3 Å². The molecule has 7 heteroatoms. The minimum atomic E-state index is -1.09. The van der Waals surface area contributed by atoms with Crippen LogP contribution in [0.25, 0.3) is 11.1 Å². The summed E-state index contributed by atoms with van der Waals surface area (Å²) in [5, 5.41) is 14.1. The van der Waals surface area contributed by atoms with E-state index >= 15 is 0 Å². The standard InChI is InChI=1S/C27H26N2O5/c1-17(26(31)32)29-25(30)19-12-10-18(11-13-19)14-15-28-27(33)34-16-24-22-8-4-2-6-20(22)21-7-3-5-9-23(21)24/h2-13,17,24H,14-16H2,1H3,(H,28,33)(H,29,30)(H,31,32). The van der Waals surface area contributed by atoms with Crippen molar-refractivity contribution in [2.24, 2.45) is 0 Å². The molecular formula is C27H26N2O5. The molecule has 0 fully saturated rings. The van der Waals surface area contributed by atoms with Crippen LogP contribution in [0, 0.1) is 0 Å². The molecule has 0 aliphatic heterocycles. The van der Waals surface area contributed by atoms with Crippen molar-refractivity contribution in [1.82, 2.24) is 10.6 Å². The lowest BCUT2D eigenvalue weighted by molar-refractivity contribution is -0.138. The molecule has 4 rings (SSSR count). The van der Waals surface area contributed by atoms with Crippen LogP contribution in [0.1, 0.15) is 39.9 Å². The van der Waals surface area contributed by atoms with E-state index in [9.17, 15) is 14.4 Å². The van der Waals surface area contributed by atoms with Crippen LogP contribution in [0.3, 0.4) is 0 Å². The molecule has 2 amide bonds. The number of ether oxygens (including phenoxy) is 1. The number of carboxylic acids is 1. The molecule has 0 radical (unpaired) electrons. The number of nitrogens with one attached hydrogen (secondary N) is 2. The first-order chi connectivity index (χ1) is 16.4. The second-order valence-electron chi connectivity index (χ2n) is 8.23. The summed E-state index contributed by atoms with van der Waals surface area (Å²) in [6.07, 6.45) is 0.0953. The van der Waals surface area contributed by atoms with Crippen molar-refractivity contribution in [2.75, 3.05) is 13.2 Å². The summed E-state index contributed by atoms with van der Waals surface area (Å²) in [7, 11) is 0. The Morgan fingerprint density at radius 1 is 0.912 bits per heavy atom. The van der Waals surface area contributed by atoms with Crippen LogP contribution >= 0.6 is 0 Å². The van der Waals surface area contributed by atoms with Gasteiger partial charge in [0.1, 0.15) is 12.6 Å². The van der Waals surface area contributed by atoms with E-state index in [1.165, 1.54) is 29.2 Å². The molecule has 174 valence electrons. The highest BCUT2D eigenvalue weighted by molar-refractivity contribution is 5.96. The number of carbonyl (C=O) groups excluding carboxylic acids is 2. The Kier molecular flexibility index (Phi) is 6.92. The lowest BCUT2D eigenvalue weighted by atomic mass is 9.98. The molecule has 0 saturated heterocycles. The van der Waals surface area contributed by atoms with Crippen LogP contribution in [0.5, 0.6) is 0 Å². The number of alkyl carbamates (subject to hydrolysis) is 1. The summed E-state index contributed by atoms with van der Waals surface area (Å²) in [5.41, 5.74) is 6.00. The van der Waals surface area contributed by atoms with Crippen LogP contribution in [0.15, 0.2) is 72.8 Å². The van der Waals surface area contributed by atoms with Crippen molar-refractivity contribution in [3.63, 3.8) is 0 Å². The van der Waals surface area contributed by atoms with E-state index in [0.717, 1.165) is 5.56 Å². The molecule has 0 bridgehead atoms. The SMILES string of the molecule is CC(NC(=O)c1ccc(CCNC(=O)OCC2c3ccccc3-c3ccccc32)cc1)C(=O)O. The molecule has 0 aromatic heterocycles. The second-order valence-corrected chi connectivity index (χ2v) is 8.23. The van der Waals surface area contributed by atoms with Gasteiger partial charge < -0.3 is 20.5 Å². The number of benzene rings is 3. The van der Waals surface area contributed by atoms with Crippen LogP contribution in [0.4, 0.5) is 4.79 Å². The highest BCUT2D eigenvalue weighted by Crippen LogP contribution is 2.44. The lowest BCUT2D eigenvalue weighted by Crippen LogP contribution is -2.38. The smallest absolute Gasteiger partial charge is 0.407 e. The molecule has 0 heterocycles. The monoisotopic (exact) mass is 458 g/mol. The van der Waals surface area contributed by atoms with Crippen LogP contribution in [-0.2, 0) is 16.0 Å². The second kappa shape index (κ2) is 10.2. The predicted octanol–water partition coefficient (Wildman–Crippen LogP) is 3.97. The lowest BCUT2D eigenvalue weighted by Gasteiger charge is -2.14. The number of carbonyl (C=O) groups is 3. The zero-order chi connectivity index (χ0) is 24.1. The van der Waals surface area contributed by atoms with E-state index in [1.54, 1.807) is 24.3 Å². The first-order valence-corrected chi connectivity index (χ1v) is 11.2. The van der Waals surface area contributed by atoms with Gasteiger partial charge >= 0.3 is 12.1 Å². The molecule has 0 saturated carbocycles. The Bertz CT molecular complexity index is 1160. The molecule has 7 nitrogen and oxygen atoms in total. The largest absolute Gasteiger partial charge is 0.480 e. The molecule has 1 aliphatic rings. The van der Waals surface area contributed by atoms with Crippen molar-refractivity contribution in [3.8, 4) is 11.1 Å². The minimum absolute atomic E-state index is 0.0145. The van der Waals surface area contributed by atoms with Gasteiger partial charge in [-0.05, 0) is 53.3 Å². The Morgan fingerprint density at radius 2 is 1.50 bits per heavy atom. The Hall–Kier alpha value is -4.13. The van der Waals surface area contributed by atoms with Gasteiger partial charge in [-0.1, -0.05) is 60.7 Å². The van der Waals surface area contributed by atoms with Gasteiger partial charge in [0.2, 0.25) is 0 Å². The van der Waals surface area contributed by atoms with Crippen LogP contribution < -0.4 is 10.6 Å². The molecule has 1 aliphatic carbocycles. The predicted molar refractivity (Wildman–Crippen MR) is 128 cm³/mol. The van der Waals surface area contributed by atoms with Gasteiger partial charge in [-0.25, -0.2) is 4.79 Å². The van der Waals surface area contributed by atoms with Crippen molar-refractivity contribution in [1.29, 1.82) is 0 Å². The summed E-state index contributed by atoms with van der Waals surface area (Å²) in [6, 6.07) is 22.2. The maximum Gasteiger partial charge on any atom is 0.407 e. The average molecular weight is 459 g/mol. The number of hydrogen-bond acceptors (Lipinski definition) is 4. The normalized spacial score (nSPS) is 12.9. The number of carboxylic acid groups (broad SMARTS) is 1. The highest BCUT2D eigenvalue weighted by atomic mass is 16.5. The van der Waals surface area contributed by atoms with E-state index in [-0.39, 0.29) is 12.5 Å². The molecule has 3 aromatic carbocycles. The summed E-state index contributed by atoms with van der Waals surface area (Å²) in [5.74, 6) is -1.52. The maximum atomic E-state index is 12.3. The first kappa shape index (κ1) is 23.0. The molecule has 34 heavy (non-hydrogen) atoms. The summed E-state index contributed by atoms with van der Waals surface area (Å²) in [4.78, 5) is 35.2. The summed E-state index contributed by atoms with van der Waals surface area (Å²) < 4.78 is 5.53. The Balaban J connectivity index is 1.25. The molecule has 0 spiro atoms. The number of hydrogen-bond donors (Lipinski definition) is 3. The fraction of sp³-hybridized carbons (Fsp3) is 0.222. The van der Waals surface area contributed by atoms with Crippen molar-refractivity contribution >= 4 is 18.0 Å². The van der Waals surface area contributed by atoms with Gasteiger partial charge in [0.15, 0.2) is 0 Å². The van der Waals surface area contributed by atoms with E-state index in [2.05, 4.69) is 34.9 Å². The van der Waals surface area contributed by atoms with E-state index in [0.29, 0.717) is 18.5 Å². The van der Waals surface area contributed by atoms with Gasteiger partial charge in [0, 0.05) is 18.0 Å². The van der Waals surface area contributed by atoms with Crippen molar-refractivity contribution < 1.29 is 24.2 Å². The molecular weight excluding hydrogens is 432 g/mol. The summed E-state index contributed by atoms with van der Waals surface area (Å²) in [6.45, 7) is 2.06.